The van der Waals surface area contributed by atoms with E-state index < -0.39 is 11.8 Å². The first-order chi connectivity index (χ1) is 12.4. The minimum Gasteiger partial charge on any atom is -0.494 e. The van der Waals surface area contributed by atoms with Crippen LogP contribution in [0.2, 0.25) is 0 Å². The van der Waals surface area contributed by atoms with Crippen LogP contribution >= 0.6 is 0 Å². The van der Waals surface area contributed by atoms with Gasteiger partial charge in [-0.2, -0.15) is 0 Å². The van der Waals surface area contributed by atoms with E-state index >= 15 is 0 Å². The second kappa shape index (κ2) is 8.89. The van der Waals surface area contributed by atoms with Gasteiger partial charge in [0, 0.05) is 5.56 Å². The Labute approximate surface area is 153 Å². The van der Waals surface area contributed by atoms with Crippen molar-refractivity contribution in [2.24, 2.45) is 0 Å². The van der Waals surface area contributed by atoms with Gasteiger partial charge in [-0.05, 0) is 63.1 Å². The number of carbonyl (C=O) groups is 2. The van der Waals surface area contributed by atoms with E-state index in [1.807, 2.05) is 39.8 Å². The highest BCUT2D eigenvalue weighted by Gasteiger charge is 2.10. The molecular weight excluding hydrogens is 332 g/mol. The molecule has 0 saturated heterocycles. The summed E-state index contributed by atoms with van der Waals surface area (Å²) in [4.78, 5) is 23.9. The molecule has 0 aliphatic rings. The lowest BCUT2D eigenvalue weighted by atomic mass is 10.1. The molecule has 0 radical (unpaired) electrons. The summed E-state index contributed by atoms with van der Waals surface area (Å²) in [6.45, 7) is 8.13. The fraction of sp³-hybridized carbons (Fsp3) is 0.300. The predicted octanol–water partition coefficient (Wildman–Crippen LogP) is 2.85. The van der Waals surface area contributed by atoms with Crippen LogP contribution in [-0.2, 0) is 4.79 Å². The molecule has 2 amide bonds. The van der Waals surface area contributed by atoms with E-state index in [0.29, 0.717) is 23.7 Å². The highest BCUT2D eigenvalue weighted by Crippen LogP contribution is 2.24. The van der Waals surface area contributed by atoms with Gasteiger partial charge in [-0.25, -0.2) is 0 Å². The Hall–Kier alpha value is -3.02. The van der Waals surface area contributed by atoms with Crippen LogP contribution in [-0.4, -0.2) is 25.0 Å². The van der Waals surface area contributed by atoms with Crippen molar-refractivity contribution >= 4 is 11.8 Å². The first-order valence-corrected chi connectivity index (χ1v) is 8.43. The van der Waals surface area contributed by atoms with Gasteiger partial charge in [0.15, 0.2) is 6.61 Å². The topological polar surface area (TPSA) is 76.7 Å². The van der Waals surface area contributed by atoms with Gasteiger partial charge in [0.2, 0.25) is 0 Å². The molecule has 6 heteroatoms. The zero-order chi connectivity index (χ0) is 19.1. The molecule has 138 valence electrons. The lowest BCUT2D eigenvalue weighted by molar-refractivity contribution is -0.123. The monoisotopic (exact) mass is 356 g/mol. The van der Waals surface area contributed by atoms with Crippen molar-refractivity contribution in [2.45, 2.75) is 27.7 Å². The van der Waals surface area contributed by atoms with Gasteiger partial charge in [-0.3, -0.25) is 20.4 Å². The third-order valence-electron chi connectivity index (χ3n) is 3.70. The largest absolute Gasteiger partial charge is 0.494 e. The average molecular weight is 356 g/mol. The molecule has 0 spiro atoms. The van der Waals surface area contributed by atoms with Gasteiger partial charge < -0.3 is 9.47 Å². The molecule has 0 aliphatic heterocycles. The maximum atomic E-state index is 12.0. The van der Waals surface area contributed by atoms with Crippen molar-refractivity contribution < 1.29 is 19.1 Å². The molecule has 0 atom stereocenters. The van der Waals surface area contributed by atoms with Crippen molar-refractivity contribution in [3.05, 3.63) is 58.7 Å². The SMILES string of the molecule is CCOc1ccc(C(=O)NNC(=O)COc2c(C)cc(C)cc2C)cc1. The molecule has 0 aromatic heterocycles. The first kappa shape index (κ1) is 19.3. The van der Waals surface area contributed by atoms with Crippen molar-refractivity contribution in [2.75, 3.05) is 13.2 Å². The Morgan fingerprint density at radius 2 is 1.54 bits per heavy atom. The molecule has 2 N–H and O–H groups in total. The Bertz CT molecular complexity index is 762. The number of ether oxygens (including phenoxy) is 2. The lowest BCUT2D eigenvalue weighted by Crippen LogP contribution is -2.43. The summed E-state index contributed by atoms with van der Waals surface area (Å²) in [6, 6.07) is 10.6. The molecule has 0 heterocycles. The molecule has 0 unspecified atom stereocenters. The zero-order valence-corrected chi connectivity index (χ0v) is 15.5. The standard InChI is InChI=1S/C20H24N2O4/c1-5-25-17-8-6-16(7-9-17)20(24)22-21-18(23)12-26-19-14(3)10-13(2)11-15(19)4/h6-11H,5,12H2,1-4H3,(H,21,23)(H,22,24). The molecule has 2 aromatic rings. The van der Waals surface area contributed by atoms with Crippen molar-refractivity contribution in [1.29, 1.82) is 0 Å². The summed E-state index contributed by atoms with van der Waals surface area (Å²) < 4.78 is 10.9. The van der Waals surface area contributed by atoms with Gasteiger partial charge in [-0.1, -0.05) is 17.7 Å². The number of carbonyl (C=O) groups excluding carboxylic acids is 2. The quantitative estimate of drug-likeness (QED) is 0.781. The van der Waals surface area contributed by atoms with E-state index in [1.165, 1.54) is 0 Å². The maximum Gasteiger partial charge on any atom is 0.276 e. The Kier molecular flexibility index (Phi) is 6.60. The summed E-state index contributed by atoms with van der Waals surface area (Å²) in [5.74, 6) is 0.515. The normalized spacial score (nSPS) is 10.2. The van der Waals surface area contributed by atoms with Crippen molar-refractivity contribution in [3.63, 3.8) is 0 Å². The van der Waals surface area contributed by atoms with Gasteiger partial charge >= 0.3 is 0 Å². The molecule has 26 heavy (non-hydrogen) atoms. The molecular formula is C20H24N2O4. The summed E-state index contributed by atoms with van der Waals surface area (Å²) in [7, 11) is 0. The summed E-state index contributed by atoms with van der Waals surface area (Å²) in [5.41, 5.74) is 8.20. The van der Waals surface area contributed by atoms with Crippen LogP contribution < -0.4 is 20.3 Å². The van der Waals surface area contributed by atoms with Gasteiger partial charge in [0.1, 0.15) is 11.5 Å². The van der Waals surface area contributed by atoms with Crippen LogP contribution in [0.5, 0.6) is 11.5 Å². The van der Waals surface area contributed by atoms with E-state index in [4.69, 9.17) is 9.47 Å². The number of amides is 2. The number of aryl methyl sites for hydroxylation is 3. The van der Waals surface area contributed by atoms with Crippen LogP contribution in [0.15, 0.2) is 36.4 Å². The maximum absolute atomic E-state index is 12.0. The number of hydrazine groups is 1. The van der Waals surface area contributed by atoms with Crippen molar-refractivity contribution in [3.8, 4) is 11.5 Å². The fourth-order valence-electron chi connectivity index (χ4n) is 2.64. The van der Waals surface area contributed by atoms with E-state index in [1.54, 1.807) is 24.3 Å². The molecule has 6 nitrogen and oxygen atoms in total. The van der Waals surface area contributed by atoms with Gasteiger partial charge in [0.25, 0.3) is 11.8 Å². The summed E-state index contributed by atoms with van der Waals surface area (Å²) in [5, 5.41) is 0. The molecule has 0 saturated carbocycles. The number of benzene rings is 2. The Balaban J connectivity index is 1.84. The summed E-state index contributed by atoms with van der Waals surface area (Å²) >= 11 is 0. The Morgan fingerprint density at radius 3 is 2.12 bits per heavy atom. The third kappa shape index (κ3) is 5.24. The van der Waals surface area contributed by atoms with Crippen LogP contribution in [0.3, 0.4) is 0 Å². The number of rotatable bonds is 6. The molecule has 2 rings (SSSR count). The van der Waals surface area contributed by atoms with E-state index in [0.717, 1.165) is 16.7 Å². The van der Waals surface area contributed by atoms with Crippen LogP contribution in [0.25, 0.3) is 0 Å². The van der Waals surface area contributed by atoms with E-state index in [9.17, 15) is 9.59 Å². The molecule has 0 bridgehead atoms. The second-order valence-electron chi connectivity index (χ2n) is 5.98. The smallest absolute Gasteiger partial charge is 0.276 e. The zero-order valence-electron chi connectivity index (χ0n) is 15.5. The van der Waals surface area contributed by atoms with E-state index in [2.05, 4.69) is 10.9 Å². The van der Waals surface area contributed by atoms with Gasteiger partial charge in [0.05, 0.1) is 6.61 Å². The predicted molar refractivity (Wildman–Crippen MR) is 99.4 cm³/mol. The third-order valence-corrected chi connectivity index (χ3v) is 3.70. The number of nitrogens with one attached hydrogen (secondary N) is 2. The molecule has 0 fully saturated rings. The minimum absolute atomic E-state index is 0.186. The van der Waals surface area contributed by atoms with E-state index in [-0.39, 0.29) is 6.61 Å². The first-order valence-electron chi connectivity index (χ1n) is 8.43. The second-order valence-corrected chi connectivity index (χ2v) is 5.98. The highest BCUT2D eigenvalue weighted by atomic mass is 16.5. The number of hydrogen-bond acceptors (Lipinski definition) is 4. The average Bonchev–Trinajstić information content (AvgIpc) is 2.59. The summed E-state index contributed by atoms with van der Waals surface area (Å²) in [6.07, 6.45) is 0. The van der Waals surface area contributed by atoms with Crippen LogP contribution in [0, 0.1) is 20.8 Å². The lowest BCUT2D eigenvalue weighted by Gasteiger charge is -2.13. The van der Waals surface area contributed by atoms with Crippen molar-refractivity contribution in [1.82, 2.24) is 10.9 Å². The highest BCUT2D eigenvalue weighted by molar-refractivity contribution is 5.95. The Morgan fingerprint density at radius 1 is 0.923 bits per heavy atom. The molecule has 2 aromatic carbocycles. The van der Waals surface area contributed by atoms with Crippen LogP contribution in [0.4, 0.5) is 0 Å². The minimum atomic E-state index is -0.441. The number of hydrogen-bond donors (Lipinski definition) is 2. The fourth-order valence-corrected chi connectivity index (χ4v) is 2.64. The molecule has 0 aliphatic carbocycles. The van der Waals surface area contributed by atoms with Gasteiger partial charge in [-0.15, -0.1) is 0 Å². The van der Waals surface area contributed by atoms with Crippen LogP contribution in [0.1, 0.15) is 34.0 Å².